The number of ether oxygens (including phenoxy) is 1. The van der Waals surface area contributed by atoms with E-state index in [2.05, 4.69) is 48.0 Å². The summed E-state index contributed by atoms with van der Waals surface area (Å²) in [6, 6.07) is 9.65. The van der Waals surface area contributed by atoms with Gasteiger partial charge in [-0.3, -0.25) is 24.3 Å². The Bertz CT molecular complexity index is 1590. The number of benzene rings is 2. The van der Waals surface area contributed by atoms with Gasteiger partial charge in [0.2, 0.25) is 0 Å². The summed E-state index contributed by atoms with van der Waals surface area (Å²) in [5, 5.41) is 7.37. The average Bonchev–Trinajstić information content (AvgIpc) is 3.34. The SMILES string of the molecule is C[C@@H]1CC2CN1CCn1[nH]c3c(cccc3c1=O)-c1nc3c(c(CNC(C)(C)C)ccc3[nH]c1=O)O2. The van der Waals surface area contributed by atoms with Crippen LogP contribution in [0.5, 0.6) is 5.75 Å². The van der Waals surface area contributed by atoms with E-state index in [1.807, 2.05) is 18.2 Å². The molecule has 0 radical (unpaired) electrons. The zero-order valence-corrected chi connectivity index (χ0v) is 21.1. The molecule has 6 rings (SSSR count). The van der Waals surface area contributed by atoms with Crippen LogP contribution in [0, 0.1) is 0 Å². The van der Waals surface area contributed by atoms with Crippen molar-refractivity contribution in [3.05, 3.63) is 56.6 Å². The molecule has 2 aromatic carbocycles. The van der Waals surface area contributed by atoms with Crippen LogP contribution < -0.4 is 21.2 Å². The molecular weight excluding hydrogens is 456 g/mol. The molecule has 0 aliphatic carbocycles. The Kier molecular flexibility index (Phi) is 5.31. The minimum absolute atomic E-state index is 0.0158. The lowest BCUT2D eigenvalue weighted by Crippen LogP contribution is -2.35. The van der Waals surface area contributed by atoms with Gasteiger partial charge >= 0.3 is 0 Å². The maximum Gasteiger partial charge on any atom is 0.275 e. The van der Waals surface area contributed by atoms with Crippen LogP contribution in [0.15, 0.2) is 39.9 Å². The molecule has 1 saturated heterocycles. The summed E-state index contributed by atoms with van der Waals surface area (Å²) < 4.78 is 8.35. The van der Waals surface area contributed by atoms with E-state index < -0.39 is 0 Å². The number of nitrogens with one attached hydrogen (secondary N) is 3. The fraction of sp³-hybridized carbons (Fsp3) is 0.444. The van der Waals surface area contributed by atoms with Crippen LogP contribution >= 0.6 is 0 Å². The highest BCUT2D eigenvalue weighted by atomic mass is 16.5. The third-order valence-electron chi connectivity index (χ3n) is 7.31. The first-order valence-electron chi connectivity index (χ1n) is 12.6. The van der Waals surface area contributed by atoms with E-state index in [4.69, 9.17) is 9.72 Å². The molecule has 0 amide bonds. The van der Waals surface area contributed by atoms with Gasteiger partial charge in [0, 0.05) is 48.8 Å². The average molecular weight is 489 g/mol. The molecule has 0 saturated carbocycles. The predicted octanol–water partition coefficient (Wildman–Crippen LogP) is 2.98. The molecule has 9 nitrogen and oxygen atoms in total. The van der Waals surface area contributed by atoms with Gasteiger partial charge < -0.3 is 15.0 Å². The Morgan fingerprint density at radius 2 is 2.00 bits per heavy atom. The second-order valence-corrected chi connectivity index (χ2v) is 11.1. The number of nitrogens with zero attached hydrogens (tertiary/aromatic N) is 3. The monoisotopic (exact) mass is 488 g/mol. The Morgan fingerprint density at radius 1 is 1.17 bits per heavy atom. The van der Waals surface area contributed by atoms with Crippen molar-refractivity contribution in [3.63, 3.8) is 0 Å². The van der Waals surface area contributed by atoms with Crippen LogP contribution in [0.4, 0.5) is 0 Å². The standard InChI is InChI=1S/C27H32N6O3/c1-15-12-17-14-32(15)10-11-33-26(35)19-7-5-6-18(21(19)31-33)22-25(34)29-20-9-8-16(13-28-27(2,3)4)24(36-17)23(20)30-22/h5-9,15,17,28,31H,10-14H2,1-4H3,(H,29,34)/t15-,17?/m1/s1. The molecule has 2 aliphatic rings. The van der Waals surface area contributed by atoms with Gasteiger partial charge in [-0.05, 0) is 39.8 Å². The van der Waals surface area contributed by atoms with Crippen molar-refractivity contribution in [2.45, 2.75) is 64.9 Å². The topological polar surface area (TPSA) is 108 Å². The molecule has 2 aromatic heterocycles. The number of rotatable bonds is 2. The molecule has 1 fully saturated rings. The molecule has 36 heavy (non-hydrogen) atoms. The smallest absolute Gasteiger partial charge is 0.275 e. The zero-order valence-electron chi connectivity index (χ0n) is 21.1. The molecule has 3 N–H and O–H groups in total. The minimum atomic E-state index is -0.303. The van der Waals surface area contributed by atoms with Crippen LogP contribution in [-0.2, 0) is 13.1 Å². The molecule has 0 spiro atoms. The minimum Gasteiger partial charge on any atom is -0.486 e. The van der Waals surface area contributed by atoms with Crippen molar-refractivity contribution in [2.24, 2.45) is 0 Å². The maximum atomic E-state index is 13.2. The Labute approximate surface area is 208 Å². The summed E-state index contributed by atoms with van der Waals surface area (Å²) >= 11 is 0. The second kappa shape index (κ2) is 8.31. The quantitative estimate of drug-likeness (QED) is 0.400. The zero-order chi connectivity index (χ0) is 25.2. The van der Waals surface area contributed by atoms with Crippen molar-refractivity contribution >= 4 is 21.9 Å². The molecule has 9 heteroatoms. The van der Waals surface area contributed by atoms with Crippen molar-refractivity contribution in [1.29, 1.82) is 0 Å². The Balaban J connectivity index is 1.62. The fourth-order valence-electron chi connectivity index (χ4n) is 5.36. The molecule has 3 atom stereocenters. The third-order valence-corrected chi connectivity index (χ3v) is 7.31. The summed E-state index contributed by atoms with van der Waals surface area (Å²) in [4.78, 5) is 36.6. The van der Waals surface area contributed by atoms with Crippen LogP contribution in [0.3, 0.4) is 0 Å². The van der Waals surface area contributed by atoms with Crippen molar-refractivity contribution in [2.75, 3.05) is 13.1 Å². The van der Waals surface area contributed by atoms with Crippen LogP contribution in [0.2, 0.25) is 0 Å². The highest BCUT2D eigenvalue weighted by molar-refractivity contribution is 5.94. The van der Waals surface area contributed by atoms with Crippen molar-refractivity contribution < 1.29 is 4.74 Å². The lowest BCUT2D eigenvalue weighted by Gasteiger charge is -2.24. The van der Waals surface area contributed by atoms with Gasteiger partial charge in [-0.25, -0.2) is 4.98 Å². The summed E-state index contributed by atoms with van der Waals surface area (Å²) in [6.45, 7) is 11.2. The van der Waals surface area contributed by atoms with Gasteiger partial charge in [0.25, 0.3) is 11.1 Å². The molecule has 2 aliphatic heterocycles. The van der Waals surface area contributed by atoms with E-state index in [0.29, 0.717) is 52.4 Å². The van der Waals surface area contributed by atoms with Gasteiger partial charge in [0.15, 0.2) is 5.75 Å². The summed E-state index contributed by atoms with van der Waals surface area (Å²) in [5.74, 6) is 0.705. The van der Waals surface area contributed by atoms with E-state index in [9.17, 15) is 9.59 Å². The van der Waals surface area contributed by atoms with Gasteiger partial charge in [-0.2, -0.15) is 0 Å². The predicted molar refractivity (Wildman–Crippen MR) is 141 cm³/mol. The molecular formula is C27H32N6O3. The Hall–Kier alpha value is -3.43. The number of aromatic amines is 2. The van der Waals surface area contributed by atoms with E-state index >= 15 is 0 Å². The number of para-hydroxylation sites is 1. The second-order valence-electron chi connectivity index (χ2n) is 11.1. The number of H-pyrrole nitrogens is 2. The first kappa shape index (κ1) is 23.0. The molecule has 4 aromatic rings. The summed E-state index contributed by atoms with van der Waals surface area (Å²) in [6.07, 6.45) is 0.862. The summed E-state index contributed by atoms with van der Waals surface area (Å²) in [5.41, 5.74) is 3.29. The highest BCUT2D eigenvalue weighted by Crippen LogP contribution is 2.33. The lowest BCUT2D eigenvalue weighted by atomic mass is 10.1. The van der Waals surface area contributed by atoms with Crippen molar-refractivity contribution in [3.8, 4) is 17.0 Å². The van der Waals surface area contributed by atoms with Gasteiger partial charge in [-0.15, -0.1) is 0 Å². The van der Waals surface area contributed by atoms with Gasteiger partial charge in [0.05, 0.1) is 23.0 Å². The van der Waals surface area contributed by atoms with Gasteiger partial charge in [-0.1, -0.05) is 18.2 Å². The molecule has 6 bridgehead atoms. The lowest BCUT2D eigenvalue weighted by molar-refractivity contribution is 0.193. The first-order chi connectivity index (χ1) is 17.2. The number of fused-ring (bicyclic) bond motifs is 5. The van der Waals surface area contributed by atoms with E-state index in [0.717, 1.165) is 25.1 Å². The van der Waals surface area contributed by atoms with E-state index in [-0.39, 0.29) is 28.5 Å². The highest BCUT2D eigenvalue weighted by Gasteiger charge is 2.32. The van der Waals surface area contributed by atoms with Crippen LogP contribution in [0.1, 0.15) is 39.7 Å². The van der Waals surface area contributed by atoms with Crippen molar-refractivity contribution in [1.82, 2.24) is 30.0 Å². The third kappa shape index (κ3) is 3.92. The Morgan fingerprint density at radius 3 is 2.81 bits per heavy atom. The maximum absolute atomic E-state index is 13.2. The van der Waals surface area contributed by atoms with Gasteiger partial charge in [0.1, 0.15) is 17.3 Å². The fourth-order valence-corrected chi connectivity index (χ4v) is 5.36. The van der Waals surface area contributed by atoms with Crippen LogP contribution in [0.25, 0.3) is 33.2 Å². The largest absolute Gasteiger partial charge is 0.486 e. The van der Waals surface area contributed by atoms with E-state index in [1.54, 1.807) is 16.8 Å². The summed E-state index contributed by atoms with van der Waals surface area (Å²) in [7, 11) is 0. The number of hydrogen-bond donors (Lipinski definition) is 3. The molecule has 2 unspecified atom stereocenters. The molecule has 4 heterocycles. The van der Waals surface area contributed by atoms with Crippen LogP contribution in [-0.4, -0.2) is 55.4 Å². The number of aromatic nitrogens is 4. The van der Waals surface area contributed by atoms with E-state index in [1.165, 1.54) is 0 Å². The molecule has 188 valence electrons. The normalized spacial score (nSPS) is 21.8. The first-order valence-corrected chi connectivity index (χ1v) is 12.6. The number of hydrogen-bond acceptors (Lipinski definition) is 6.